The third kappa shape index (κ3) is 3.93. The summed E-state index contributed by atoms with van der Waals surface area (Å²) in [7, 11) is 0. The summed E-state index contributed by atoms with van der Waals surface area (Å²) >= 11 is 5.42. The zero-order valence-electron chi connectivity index (χ0n) is 5.32. The van der Waals surface area contributed by atoms with Crippen LogP contribution in [-0.4, -0.2) is 11.0 Å². The van der Waals surface area contributed by atoms with E-state index in [0.29, 0.717) is 5.88 Å². The van der Waals surface area contributed by atoms with Crippen LogP contribution in [0.25, 0.3) is 0 Å². The number of hydrogen-bond donors (Lipinski definition) is 1. The van der Waals surface area contributed by atoms with Gasteiger partial charge in [0, 0.05) is 11.5 Å². The minimum atomic E-state index is 0.550. The average molecular weight is 145 g/mol. The maximum atomic E-state index is 8.15. The largest absolute Gasteiger partial charge is 0.462 e. The first-order valence-electron chi connectivity index (χ1n) is 2.71. The number of alkyl halides is 1. The van der Waals surface area contributed by atoms with E-state index in [1.54, 1.807) is 0 Å². The van der Waals surface area contributed by atoms with Gasteiger partial charge in [-0.3, -0.25) is 0 Å². The minimum absolute atomic E-state index is 0.550. The first-order chi connectivity index (χ1) is 4.35. The fourth-order valence-corrected chi connectivity index (χ4v) is 0.656. The summed E-state index contributed by atoms with van der Waals surface area (Å²) < 4.78 is 0. The SMILES string of the molecule is CC=C(C#CO)CCCl. The van der Waals surface area contributed by atoms with Gasteiger partial charge in [-0.05, 0) is 19.3 Å². The summed E-state index contributed by atoms with van der Waals surface area (Å²) in [6, 6.07) is 0. The van der Waals surface area contributed by atoms with Gasteiger partial charge in [0.05, 0.1) is 0 Å². The van der Waals surface area contributed by atoms with Gasteiger partial charge < -0.3 is 5.11 Å². The molecule has 0 radical (unpaired) electrons. The topological polar surface area (TPSA) is 20.2 Å². The fourth-order valence-electron chi connectivity index (χ4n) is 0.453. The lowest BCUT2D eigenvalue weighted by Crippen LogP contribution is -1.79. The monoisotopic (exact) mass is 144 g/mol. The molecular weight excluding hydrogens is 136 g/mol. The molecule has 0 saturated heterocycles. The smallest absolute Gasteiger partial charge is 0.112 e. The van der Waals surface area contributed by atoms with Crippen LogP contribution in [-0.2, 0) is 0 Å². The predicted molar refractivity (Wildman–Crippen MR) is 38.8 cm³/mol. The first-order valence-corrected chi connectivity index (χ1v) is 3.24. The van der Waals surface area contributed by atoms with Crippen LogP contribution in [0.1, 0.15) is 13.3 Å². The molecule has 1 N–H and O–H groups in total. The summed E-state index contributed by atoms with van der Waals surface area (Å²) in [5, 5.41) is 8.15. The van der Waals surface area contributed by atoms with E-state index in [4.69, 9.17) is 16.7 Å². The standard InChI is InChI=1S/C7H9ClO/c1-2-7(3-5-8)4-6-9/h2,9H,3,5H2,1H3. The second-order valence-corrected chi connectivity index (χ2v) is 1.87. The molecule has 0 fully saturated rings. The number of hydrogen-bond acceptors (Lipinski definition) is 1. The highest BCUT2D eigenvalue weighted by molar-refractivity contribution is 6.18. The van der Waals surface area contributed by atoms with Gasteiger partial charge in [0.15, 0.2) is 0 Å². The lowest BCUT2D eigenvalue weighted by Gasteiger charge is -1.89. The van der Waals surface area contributed by atoms with Gasteiger partial charge >= 0.3 is 0 Å². The van der Waals surface area contributed by atoms with Crippen LogP contribution in [0.15, 0.2) is 11.6 Å². The van der Waals surface area contributed by atoms with Crippen molar-refractivity contribution < 1.29 is 5.11 Å². The lowest BCUT2D eigenvalue weighted by atomic mass is 10.2. The Morgan fingerprint density at radius 1 is 1.78 bits per heavy atom. The Kier molecular flexibility index (Phi) is 5.15. The van der Waals surface area contributed by atoms with Crippen molar-refractivity contribution in [2.75, 3.05) is 5.88 Å². The van der Waals surface area contributed by atoms with Crippen molar-refractivity contribution in [1.82, 2.24) is 0 Å². The summed E-state index contributed by atoms with van der Waals surface area (Å²) in [4.78, 5) is 0. The van der Waals surface area contributed by atoms with E-state index < -0.39 is 0 Å². The molecule has 0 spiro atoms. The zero-order chi connectivity index (χ0) is 7.11. The van der Waals surface area contributed by atoms with Crippen LogP contribution < -0.4 is 0 Å². The summed E-state index contributed by atoms with van der Waals surface area (Å²) in [6.07, 6.45) is 4.39. The first kappa shape index (κ1) is 8.39. The number of allylic oxidation sites excluding steroid dienone is 2. The van der Waals surface area contributed by atoms with Crippen molar-refractivity contribution in [1.29, 1.82) is 0 Å². The van der Waals surface area contributed by atoms with Crippen LogP contribution in [0.4, 0.5) is 0 Å². The Morgan fingerprint density at radius 2 is 2.44 bits per heavy atom. The zero-order valence-corrected chi connectivity index (χ0v) is 6.07. The van der Waals surface area contributed by atoms with Crippen molar-refractivity contribution >= 4 is 11.6 Å². The Bertz CT molecular complexity index is 150. The van der Waals surface area contributed by atoms with Gasteiger partial charge in [-0.15, -0.1) is 11.6 Å². The molecule has 0 aromatic carbocycles. The molecule has 0 aliphatic heterocycles. The normalized spacial score (nSPS) is 10.2. The second kappa shape index (κ2) is 5.53. The molecule has 50 valence electrons. The fraction of sp³-hybridized carbons (Fsp3) is 0.429. The maximum Gasteiger partial charge on any atom is 0.112 e. The molecule has 0 heterocycles. The van der Waals surface area contributed by atoms with Crippen molar-refractivity contribution in [3.63, 3.8) is 0 Å². The summed E-state index contributed by atoms with van der Waals surface area (Å²) in [6.45, 7) is 1.87. The Hall–Kier alpha value is -0.610. The summed E-state index contributed by atoms with van der Waals surface area (Å²) in [5.41, 5.74) is 0.882. The third-order valence-electron chi connectivity index (χ3n) is 0.929. The molecule has 0 rings (SSSR count). The van der Waals surface area contributed by atoms with Crippen molar-refractivity contribution in [2.24, 2.45) is 0 Å². The predicted octanol–water partition coefficient (Wildman–Crippen LogP) is 1.90. The second-order valence-electron chi connectivity index (χ2n) is 1.49. The Labute approximate surface area is 60.3 Å². The third-order valence-corrected chi connectivity index (χ3v) is 1.12. The highest BCUT2D eigenvalue weighted by atomic mass is 35.5. The molecule has 0 aliphatic carbocycles. The van der Waals surface area contributed by atoms with E-state index in [0.717, 1.165) is 12.0 Å². The van der Waals surface area contributed by atoms with E-state index in [9.17, 15) is 0 Å². The minimum Gasteiger partial charge on any atom is -0.462 e. The maximum absolute atomic E-state index is 8.15. The molecule has 1 nitrogen and oxygen atoms in total. The highest BCUT2D eigenvalue weighted by Gasteiger charge is 1.87. The van der Waals surface area contributed by atoms with Gasteiger partial charge in [-0.1, -0.05) is 6.08 Å². The summed E-state index contributed by atoms with van der Waals surface area (Å²) in [5.74, 6) is 3.07. The number of aliphatic hydroxyl groups is 1. The van der Waals surface area contributed by atoms with E-state index in [1.807, 2.05) is 19.1 Å². The molecule has 0 saturated carbocycles. The van der Waals surface area contributed by atoms with Crippen LogP contribution in [0.3, 0.4) is 0 Å². The highest BCUT2D eigenvalue weighted by Crippen LogP contribution is 1.99. The number of halogens is 1. The van der Waals surface area contributed by atoms with Gasteiger partial charge in [-0.2, -0.15) is 0 Å². The van der Waals surface area contributed by atoms with Gasteiger partial charge in [0.1, 0.15) is 6.11 Å². The van der Waals surface area contributed by atoms with Crippen LogP contribution in [0, 0.1) is 12.0 Å². The molecule has 0 amide bonds. The molecule has 0 aliphatic rings. The molecule has 0 aromatic rings. The Morgan fingerprint density at radius 3 is 2.78 bits per heavy atom. The molecular formula is C7H9ClO. The molecule has 0 atom stereocenters. The molecule has 0 unspecified atom stereocenters. The number of rotatable bonds is 2. The van der Waals surface area contributed by atoms with E-state index in [2.05, 4.69) is 5.92 Å². The quantitative estimate of drug-likeness (QED) is 0.464. The van der Waals surface area contributed by atoms with Crippen molar-refractivity contribution in [3.05, 3.63) is 11.6 Å². The van der Waals surface area contributed by atoms with Crippen molar-refractivity contribution in [3.8, 4) is 12.0 Å². The lowest BCUT2D eigenvalue weighted by molar-refractivity contribution is 0.517. The average Bonchev–Trinajstić information content (AvgIpc) is 1.88. The van der Waals surface area contributed by atoms with Crippen LogP contribution in [0.2, 0.25) is 0 Å². The van der Waals surface area contributed by atoms with Gasteiger partial charge in [-0.25, -0.2) is 0 Å². The number of aliphatic hydroxyl groups excluding tert-OH is 1. The van der Waals surface area contributed by atoms with Crippen LogP contribution in [0.5, 0.6) is 0 Å². The van der Waals surface area contributed by atoms with Crippen LogP contribution >= 0.6 is 11.6 Å². The molecule has 2 heteroatoms. The van der Waals surface area contributed by atoms with Crippen molar-refractivity contribution in [2.45, 2.75) is 13.3 Å². The molecule has 9 heavy (non-hydrogen) atoms. The van der Waals surface area contributed by atoms with E-state index >= 15 is 0 Å². The molecule has 0 bridgehead atoms. The Balaban J connectivity index is 3.80. The van der Waals surface area contributed by atoms with E-state index in [1.165, 1.54) is 0 Å². The van der Waals surface area contributed by atoms with Gasteiger partial charge in [0.25, 0.3) is 0 Å². The van der Waals surface area contributed by atoms with E-state index in [-0.39, 0.29) is 0 Å². The van der Waals surface area contributed by atoms with Gasteiger partial charge in [0.2, 0.25) is 0 Å². The molecule has 0 aromatic heterocycles.